The van der Waals surface area contributed by atoms with Gasteiger partial charge in [-0.1, -0.05) is 0 Å². The topological polar surface area (TPSA) is 69.9 Å². The van der Waals surface area contributed by atoms with E-state index in [2.05, 4.69) is 4.74 Å². The van der Waals surface area contributed by atoms with Crippen LogP contribution in [0.15, 0.2) is 0 Å². The SMILES string of the molecule is CC(O)COC(O)C(C)O. The second kappa shape index (κ2) is 4.62. The van der Waals surface area contributed by atoms with E-state index in [1.54, 1.807) is 0 Å². The van der Waals surface area contributed by atoms with Gasteiger partial charge in [-0.2, -0.15) is 0 Å². The molecule has 4 heteroatoms. The predicted octanol–water partition coefficient (Wildman–Crippen LogP) is -0.917. The van der Waals surface area contributed by atoms with Crippen LogP contribution in [0.5, 0.6) is 0 Å². The lowest BCUT2D eigenvalue weighted by atomic mass is 10.4. The Balaban J connectivity index is 3.30. The normalized spacial score (nSPS) is 20.1. The van der Waals surface area contributed by atoms with Gasteiger partial charge in [0.05, 0.1) is 12.7 Å². The Bertz CT molecular complexity index is 81.8. The highest BCUT2D eigenvalue weighted by Gasteiger charge is 2.11. The Morgan fingerprint density at radius 2 is 1.70 bits per heavy atom. The summed E-state index contributed by atoms with van der Waals surface area (Å²) in [6.45, 7) is 2.98. The zero-order valence-corrected chi connectivity index (χ0v) is 6.19. The first-order chi connectivity index (χ1) is 4.54. The largest absolute Gasteiger partial charge is 0.391 e. The molecule has 0 aromatic rings. The van der Waals surface area contributed by atoms with Gasteiger partial charge in [-0.05, 0) is 13.8 Å². The molecule has 62 valence electrons. The molecule has 0 aliphatic heterocycles. The van der Waals surface area contributed by atoms with Gasteiger partial charge in [0.1, 0.15) is 6.10 Å². The van der Waals surface area contributed by atoms with Crippen molar-refractivity contribution < 1.29 is 20.1 Å². The van der Waals surface area contributed by atoms with Gasteiger partial charge in [0, 0.05) is 0 Å². The van der Waals surface area contributed by atoms with Crippen LogP contribution in [-0.2, 0) is 4.74 Å². The number of aliphatic hydroxyl groups excluding tert-OH is 3. The Morgan fingerprint density at radius 1 is 1.20 bits per heavy atom. The van der Waals surface area contributed by atoms with E-state index in [1.807, 2.05) is 0 Å². The fourth-order valence-electron chi connectivity index (χ4n) is 0.377. The van der Waals surface area contributed by atoms with Crippen molar-refractivity contribution in [1.82, 2.24) is 0 Å². The van der Waals surface area contributed by atoms with Crippen molar-refractivity contribution in [1.29, 1.82) is 0 Å². The second-order valence-corrected chi connectivity index (χ2v) is 2.31. The van der Waals surface area contributed by atoms with Crippen LogP contribution >= 0.6 is 0 Å². The average Bonchev–Trinajstić information content (AvgIpc) is 1.82. The van der Waals surface area contributed by atoms with Crippen molar-refractivity contribution >= 4 is 0 Å². The summed E-state index contributed by atoms with van der Waals surface area (Å²) in [6.07, 6.45) is -2.73. The third-order valence-corrected chi connectivity index (χ3v) is 0.921. The van der Waals surface area contributed by atoms with Crippen molar-refractivity contribution in [3.63, 3.8) is 0 Å². The summed E-state index contributed by atoms with van der Waals surface area (Å²) in [5.74, 6) is 0. The maximum Gasteiger partial charge on any atom is 0.180 e. The molecule has 0 radical (unpaired) electrons. The van der Waals surface area contributed by atoms with E-state index in [9.17, 15) is 0 Å². The quantitative estimate of drug-likeness (QED) is 0.453. The lowest BCUT2D eigenvalue weighted by molar-refractivity contribution is -0.168. The molecule has 0 aliphatic rings. The number of hydrogen-bond acceptors (Lipinski definition) is 4. The van der Waals surface area contributed by atoms with Gasteiger partial charge in [-0.15, -0.1) is 0 Å². The van der Waals surface area contributed by atoms with Crippen LogP contribution in [0.4, 0.5) is 0 Å². The van der Waals surface area contributed by atoms with E-state index in [4.69, 9.17) is 15.3 Å². The number of ether oxygens (including phenoxy) is 1. The molecule has 3 atom stereocenters. The van der Waals surface area contributed by atoms with Crippen molar-refractivity contribution in [2.75, 3.05) is 6.61 Å². The Hall–Kier alpha value is -0.160. The molecule has 3 unspecified atom stereocenters. The number of aliphatic hydroxyl groups is 3. The van der Waals surface area contributed by atoms with Crippen molar-refractivity contribution in [2.45, 2.75) is 32.3 Å². The number of hydrogen-bond donors (Lipinski definition) is 3. The smallest absolute Gasteiger partial charge is 0.180 e. The fraction of sp³-hybridized carbons (Fsp3) is 1.00. The average molecular weight is 150 g/mol. The lowest BCUT2D eigenvalue weighted by Gasteiger charge is -2.14. The summed E-state index contributed by atoms with van der Waals surface area (Å²) in [6, 6.07) is 0. The molecule has 0 amide bonds. The second-order valence-electron chi connectivity index (χ2n) is 2.31. The van der Waals surface area contributed by atoms with Crippen LogP contribution in [-0.4, -0.2) is 40.4 Å². The van der Waals surface area contributed by atoms with Gasteiger partial charge in [-0.3, -0.25) is 0 Å². The zero-order chi connectivity index (χ0) is 8.15. The van der Waals surface area contributed by atoms with Crippen LogP contribution in [0.2, 0.25) is 0 Å². The van der Waals surface area contributed by atoms with Crippen LogP contribution in [0.1, 0.15) is 13.8 Å². The van der Waals surface area contributed by atoms with Crippen LogP contribution in [0.25, 0.3) is 0 Å². The zero-order valence-electron chi connectivity index (χ0n) is 6.19. The van der Waals surface area contributed by atoms with Gasteiger partial charge in [0.2, 0.25) is 0 Å². The predicted molar refractivity (Wildman–Crippen MR) is 35.3 cm³/mol. The van der Waals surface area contributed by atoms with E-state index in [1.165, 1.54) is 13.8 Å². The van der Waals surface area contributed by atoms with Crippen LogP contribution in [0.3, 0.4) is 0 Å². The van der Waals surface area contributed by atoms with E-state index in [-0.39, 0.29) is 6.61 Å². The number of rotatable bonds is 4. The minimum absolute atomic E-state index is 0.0338. The molecule has 0 fully saturated rings. The van der Waals surface area contributed by atoms with Crippen molar-refractivity contribution in [3.8, 4) is 0 Å². The molecular weight excluding hydrogens is 136 g/mol. The Labute approximate surface area is 60.1 Å². The third kappa shape index (κ3) is 4.69. The monoisotopic (exact) mass is 150 g/mol. The first-order valence-electron chi connectivity index (χ1n) is 3.20. The van der Waals surface area contributed by atoms with Crippen molar-refractivity contribution in [2.24, 2.45) is 0 Å². The van der Waals surface area contributed by atoms with Gasteiger partial charge in [-0.25, -0.2) is 0 Å². The van der Waals surface area contributed by atoms with E-state index < -0.39 is 18.5 Å². The van der Waals surface area contributed by atoms with Crippen molar-refractivity contribution in [3.05, 3.63) is 0 Å². The summed E-state index contributed by atoms with van der Waals surface area (Å²) in [5, 5.41) is 26.1. The molecule has 0 rings (SSSR count). The molecule has 0 aromatic heterocycles. The minimum atomic E-state index is -1.20. The molecular formula is C6H14O4. The molecule has 0 saturated heterocycles. The summed E-state index contributed by atoms with van der Waals surface area (Å²) in [4.78, 5) is 0. The van der Waals surface area contributed by atoms with Crippen LogP contribution in [0, 0.1) is 0 Å². The first kappa shape index (κ1) is 9.84. The Kier molecular flexibility index (Phi) is 4.55. The first-order valence-corrected chi connectivity index (χ1v) is 3.20. The minimum Gasteiger partial charge on any atom is -0.391 e. The van der Waals surface area contributed by atoms with Gasteiger partial charge in [0.15, 0.2) is 6.29 Å². The van der Waals surface area contributed by atoms with E-state index in [0.29, 0.717) is 0 Å². The molecule has 0 aliphatic carbocycles. The van der Waals surface area contributed by atoms with E-state index >= 15 is 0 Å². The standard InChI is InChI=1S/C6H14O4/c1-4(7)3-10-6(9)5(2)8/h4-9H,3H2,1-2H3. The molecule has 0 aromatic carbocycles. The molecule has 4 nitrogen and oxygen atoms in total. The molecule has 3 N–H and O–H groups in total. The lowest BCUT2D eigenvalue weighted by Crippen LogP contribution is -2.28. The van der Waals surface area contributed by atoms with Crippen LogP contribution < -0.4 is 0 Å². The highest BCUT2D eigenvalue weighted by Crippen LogP contribution is 1.95. The molecule has 0 spiro atoms. The summed E-state index contributed by atoms with van der Waals surface area (Å²) in [5.41, 5.74) is 0. The molecule has 0 heterocycles. The maximum atomic E-state index is 8.79. The molecule has 10 heavy (non-hydrogen) atoms. The third-order valence-electron chi connectivity index (χ3n) is 0.921. The summed E-state index contributed by atoms with van der Waals surface area (Å²) < 4.78 is 4.62. The van der Waals surface area contributed by atoms with Gasteiger partial charge >= 0.3 is 0 Å². The summed E-state index contributed by atoms with van der Waals surface area (Å²) >= 11 is 0. The fourth-order valence-corrected chi connectivity index (χ4v) is 0.377. The van der Waals surface area contributed by atoms with E-state index in [0.717, 1.165) is 0 Å². The maximum absolute atomic E-state index is 8.79. The Morgan fingerprint density at radius 3 is 2.00 bits per heavy atom. The highest BCUT2D eigenvalue weighted by atomic mass is 16.6. The molecule has 0 saturated carbocycles. The summed E-state index contributed by atoms with van der Waals surface area (Å²) in [7, 11) is 0. The van der Waals surface area contributed by atoms with Gasteiger partial charge < -0.3 is 20.1 Å². The highest BCUT2D eigenvalue weighted by molar-refractivity contribution is 4.50. The molecule has 0 bridgehead atoms. The van der Waals surface area contributed by atoms with Gasteiger partial charge in [0.25, 0.3) is 0 Å².